The van der Waals surface area contributed by atoms with E-state index in [9.17, 15) is 5.26 Å². The number of nitrogens with zero attached hydrogens (tertiary/aromatic N) is 4. The van der Waals surface area contributed by atoms with Crippen LogP contribution in [-0.4, -0.2) is 14.8 Å². The Balaban J connectivity index is 1.90. The molecule has 3 aromatic rings. The second-order valence-corrected chi connectivity index (χ2v) is 7.99. The van der Waals surface area contributed by atoms with Gasteiger partial charge < -0.3 is 4.42 Å². The molecule has 5 heteroatoms. The van der Waals surface area contributed by atoms with E-state index in [0.29, 0.717) is 17.7 Å². The van der Waals surface area contributed by atoms with Gasteiger partial charge in [0.05, 0.1) is 5.69 Å². The molecule has 1 unspecified atom stereocenters. The average Bonchev–Trinajstić information content (AvgIpc) is 3.28. The first kappa shape index (κ1) is 18.9. The summed E-state index contributed by atoms with van der Waals surface area (Å²) in [7, 11) is 0. The topological polar surface area (TPSA) is 67.6 Å². The van der Waals surface area contributed by atoms with E-state index in [4.69, 9.17) is 4.42 Å². The lowest BCUT2D eigenvalue weighted by Gasteiger charge is -2.11. The van der Waals surface area contributed by atoms with E-state index in [1.54, 1.807) is 10.9 Å². The SMILES string of the molecule is CCCC(C)c1ccc(-c2ccn(-c3oc(C(C)(C)C)nc3C#N)n2)cc1. The highest BCUT2D eigenvalue weighted by Gasteiger charge is 2.25. The van der Waals surface area contributed by atoms with Crippen molar-refractivity contribution in [2.24, 2.45) is 0 Å². The zero-order valence-corrected chi connectivity index (χ0v) is 16.7. The van der Waals surface area contributed by atoms with Crippen LogP contribution in [-0.2, 0) is 5.41 Å². The van der Waals surface area contributed by atoms with Crippen LogP contribution in [0.1, 0.15) is 70.5 Å². The van der Waals surface area contributed by atoms with Gasteiger partial charge in [-0.15, -0.1) is 0 Å². The fourth-order valence-corrected chi connectivity index (χ4v) is 3.03. The highest BCUT2D eigenvalue weighted by Crippen LogP contribution is 2.28. The third-order valence-electron chi connectivity index (χ3n) is 4.65. The monoisotopic (exact) mass is 362 g/mol. The molecule has 0 saturated carbocycles. The third kappa shape index (κ3) is 3.95. The van der Waals surface area contributed by atoms with Crippen molar-refractivity contribution in [1.29, 1.82) is 5.26 Å². The van der Waals surface area contributed by atoms with Crippen molar-refractivity contribution in [2.75, 3.05) is 0 Å². The number of nitriles is 1. The second kappa shape index (κ2) is 7.40. The normalized spacial score (nSPS) is 12.7. The minimum absolute atomic E-state index is 0.248. The Morgan fingerprint density at radius 1 is 1.19 bits per heavy atom. The molecule has 0 aliphatic carbocycles. The number of aromatic nitrogens is 3. The van der Waals surface area contributed by atoms with Gasteiger partial charge in [-0.25, -0.2) is 4.68 Å². The molecule has 0 spiro atoms. The van der Waals surface area contributed by atoms with Crippen molar-refractivity contribution < 1.29 is 4.42 Å². The number of oxazole rings is 1. The molecule has 0 amide bonds. The van der Waals surface area contributed by atoms with E-state index < -0.39 is 0 Å². The van der Waals surface area contributed by atoms with Crippen LogP contribution in [0.3, 0.4) is 0 Å². The molecule has 2 aromatic heterocycles. The molecule has 0 fully saturated rings. The summed E-state index contributed by atoms with van der Waals surface area (Å²) in [6.07, 6.45) is 4.17. The maximum atomic E-state index is 9.40. The molecule has 0 radical (unpaired) electrons. The summed E-state index contributed by atoms with van der Waals surface area (Å²) < 4.78 is 7.44. The van der Waals surface area contributed by atoms with Gasteiger partial charge in [-0.2, -0.15) is 15.3 Å². The summed E-state index contributed by atoms with van der Waals surface area (Å²) in [4.78, 5) is 4.32. The highest BCUT2D eigenvalue weighted by atomic mass is 16.4. The summed E-state index contributed by atoms with van der Waals surface area (Å²) in [5.74, 6) is 1.45. The van der Waals surface area contributed by atoms with Crippen molar-refractivity contribution in [3.63, 3.8) is 0 Å². The van der Waals surface area contributed by atoms with Crippen LogP contribution in [0, 0.1) is 11.3 Å². The number of hydrogen-bond donors (Lipinski definition) is 0. The van der Waals surface area contributed by atoms with Crippen molar-refractivity contribution in [3.05, 3.63) is 53.7 Å². The van der Waals surface area contributed by atoms with Crippen molar-refractivity contribution in [2.45, 2.75) is 58.8 Å². The van der Waals surface area contributed by atoms with Crippen LogP contribution in [0.4, 0.5) is 0 Å². The molecule has 140 valence electrons. The first-order valence-corrected chi connectivity index (χ1v) is 9.41. The lowest BCUT2D eigenvalue weighted by molar-refractivity contribution is 0.381. The van der Waals surface area contributed by atoms with Gasteiger partial charge in [-0.1, -0.05) is 65.3 Å². The molecule has 27 heavy (non-hydrogen) atoms. The standard InChI is InChI=1S/C22H26N4O/c1-6-7-15(2)16-8-10-17(11-9-16)18-12-13-26(25-18)20-19(14-23)24-21(27-20)22(3,4)5/h8-13,15H,6-7H2,1-5H3. The molecule has 0 saturated heterocycles. The molecule has 0 aliphatic heterocycles. The quantitative estimate of drug-likeness (QED) is 0.592. The molecule has 0 N–H and O–H groups in total. The van der Waals surface area contributed by atoms with Crippen molar-refractivity contribution >= 4 is 0 Å². The molecular weight excluding hydrogens is 336 g/mol. The molecular formula is C22H26N4O. The van der Waals surface area contributed by atoms with Crippen LogP contribution in [0.15, 0.2) is 40.9 Å². The fourth-order valence-electron chi connectivity index (χ4n) is 3.03. The lowest BCUT2D eigenvalue weighted by Crippen LogP contribution is -2.11. The predicted molar refractivity (Wildman–Crippen MR) is 106 cm³/mol. The Hall–Kier alpha value is -2.87. The zero-order valence-electron chi connectivity index (χ0n) is 16.7. The number of rotatable bonds is 5. The van der Waals surface area contributed by atoms with Gasteiger partial charge in [0.1, 0.15) is 6.07 Å². The molecule has 5 nitrogen and oxygen atoms in total. The lowest BCUT2D eigenvalue weighted by atomic mass is 9.95. The molecule has 0 bridgehead atoms. The van der Waals surface area contributed by atoms with E-state index in [0.717, 1.165) is 11.3 Å². The Kier molecular flexibility index (Phi) is 5.18. The minimum Gasteiger partial charge on any atom is -0.421 e. The first-order valence-electron chi connectivity index (χ1n) is 9.41. The van der Waals surface area contributed by atoms with E-state index in [1.165, 1.54) is 18.4 Å². The zero-order chi connectivity index (χ0) is 19.6. The molecule has 0 aliphatic rings. The molecule has 1 atom stereocenters. The van der Waals surface area contributed by atoms with Crippen LogP contribution in [0.25, 0.3) is 17.1 Å². The summed E-state index contributed by atoms with van der Waals surface area (Å²) in [5.41, 5.74) is 3.19. The predicted octanol–water partition coefficient (Wildman–Crippen LogP) is 5.60. The second-order valence-electron chi connectivity index (χ2n) is 7.99. The van der Waals surface area contributed by atoms with Crippen LogP contribution >= 0.6 is 0 Å². The van der Waals surface area contributed by atoms with Gasteiger partial charge in [-0.05, 0) is 24.0 Å². The summed E-state index contributed by atoms with van der Waals surface area (Å²) in [5, 5.41) is 14.0. The van der Waals surface area contributed by atoms with Crippen molar-refractivity contribution in [1.82, 2.24) is 14.8 Å². The first-order chi connectivity index (χ1) is 12.8. The smallest absolute Gasteiger partial charge is 0.259 e. The summed E-state index contributed by atoms with van der Waals surface area (Å²) in [6, 6.07) is 12.6. The van der Waals surface area contributed by atoms with E-state index >= 15 is 0 Å². The van der Waals surface area contributed by atoms with E-state index in [-0.39, 0.29) is 11.1 Å². The van der Waals surface area contributed by atoms with E-state index in [1.807, 2.05) is 26.8 Å². The maximum Gasteiger partial charge on any atom is 0.259 e. The van der Waals surface area contributed by atoms with Gasteiger partial charge >= 0.3 is 0 Å². The van der Waals surface area contributed by atoms with Gasteiger partial charge in [-0.3, -0.25) is 0 Å². The minimum atomic E-state index is -0.273. The fraction of sp³-hybridized carbons (Fsp3) is 0.409. The van der Waals surface area contributed by atoms with Gasteiger partial charge in [0.15, 0.2) is 0 Å². The molecule has 1 aromatic carbocycles. The van der Waals surface area contributed by atoms with Crippen molar-refractivity contribution in [3.8, 4) is 23.2 Å². The largest absolute Gasteiger partial charge is 0.421 e. The highest BCUT2D eigenvalue weighted by molar-refractivity contribution is 5.59. The van der Waals surface area contributed by atoms with Gasteiger partial charge in [0.25, 0.3) is 5.88 Å². The Labute approximate surface area is 160 Å². The Bertz CT molecular complexity index is 952. The number of hydrogen-bond acceptors (Lipinski definition) is 4. The molecule has 3 rings (SSSR count). The third-order valence-corrected chi connectivity index (χ3v) is 4.65. The maximum absolute atomic E-state index is 9.40. The Morgan fingerprint density at radius 3 is 2.48 bits per heavy atom. The van der Waals surface area contributed by atoms with Gasteiger partial charge in [0.2, 0.25) is 11.6 Å². The van der Waals surface area contributed by atoms with Crippen LogP contribution < -0.4 is 0 Å². The van der Waals surface area contributed by atoms with Gasteiger partial charge in [0, 0.05) is 17.2 Å². The average molecular weight is 362 g/mol. The summed E-state index contributed by atoms with van der Waals surface area (Å²) in [6.45, 7) is 10.5. The molecule has 2 heterocycles. The van der Waals surface area contributed by atoms with E-state index in [2.05, 4.69) is 54.3 Å². The van der Waals surface area contributed by atoms with Crippen LogP contribution in [0.5, 0.6) is 0 Å². The Morgan fingerprint density at radius 2 is 1.89 bits per heavy atom. The number of benzene rings is 1. The van der Waals surface area contributed by atoms with Crippen LogP contribution in [0.2, 0.25) is 0 Å². The summed E-state index contributed by atoms with van der Waals surface area (Å²) >= 11 is 0.